The van der Waals surface area contributed by atoms with Crippen molar-refractivity contribution in [1.29, 1.82) is 0 Å². The summed E-state index contributed by atoms with van der Waals surface area (Å²) < 4.78 is 5.34. The number of nitrogens with zero attached hydrogens (tertiary/aromatic N) is 1. The van der Waals surface area contributed by atoms with Gasteiger partial charge in [-0.3, -0.25) is 9.69 Å². The van der Waals surface area contributed by atoms with E-state index >= 15 is 0 Å². The van der Waals surface area contributed by atoms with E-state index in [0.717, 1.165) is 19.0 Å². The Labute approximate surface area is 119 Å². The summed E-state index contributed by atoms with van der Waals surface area (Å²) in [6.45, 7) is 4.32. The molecule has 2 fully saturated rings. The van der Waals surface area contributed by atoms with Crippen molar-refractivity contribution in [3.63, 3.8) is 0 Å². The Bertz CT molecular complexity index is 480. The average molecular weight is 275 g/mol. The van der Waals surface area contributed by atoms with Crippen LogP contribution in [0.4, 0.5) is 0 Å². The highest BCUT2D eigenvalue weighted by molar-refractivity contribution is 5.75. The third kappa shape index (κ3) is 3.11. The van der Waals surface area contributed by atoms with Crippen LogP contribution in [0.3, 0.4) is 0 Å². The zero-order chi connectivity index (χ0) is 13.9. The first-order valence-electron chi connectivity index (χ1n) is 7.16. The minimum absolute atomic E-state index is 0.0682. The van der Waals surface area contributed by atoms with Crippen molar-refractivity contribution in [2.45, 2.75) is 19.0 Å². The van der Waals surface area contributed by atoms with Crippen LogP contribution in [0.2, 0.25) is 0 Å². The summed E-state index contributed by atoms with van der Waals surface area (Å²) in [5, 5.41) is 3.56. The van der Waals surface area contributed by atoms with Crippen molar-refractivity contribution in [3.8, 4) is 5.75 Å². The van der Waals surface area contributed by atoms with Crippen LogP contribution in [-0.2, 0) is 11.3 Å². The van der Waals surface area contributed by atoms with Gasteiger partial charge in [-0.05, 0) is 36.6 Å². The van der Waals surface area contributed by atoms with Crippen LogP contribution in [0, 0.1) is 5.92 Å². The Hall–Kier alpha value is -1.59. The molecule has 0 spiro atoms. The SMILES string of the molecule is NC(=O)COc1cccc(CN2C[C@H]3CCN[C@H]3C2)c1. The molecular formula is C15H21N3O2. The lowest BCUT2D eigenvalue weighted by molar-refractivity contribution is -0.119. The van der Waals surface area contributed by atoms with Crippen molar-refractivity contribution in [2.75, 3.05) is 26.2 Å². The van der Waals surface area contributed by atoms with E-state index in [0.29, 0.717) is 11.8 Å². The maximum absolute atomic E-state index is 10.7. The number of carbonyl (C=O) groups excluding carboxylic acids is 1. The Morgan fingerprint density at radius 3 is 3.15 bits per heavy atom. The van der Waals surface area contributed by atoms with Gasteiger partial charge >= 0.3 is 0 Å². The van der Waals surface area contributed by atoms with E-state index in [1.54, 1.807) is 0 Å². The molecule has 2 atom stereocenters. The summed E-state index contributed by atoms with van der Waals surface area (Å²) >= 11 is 0. The van der Waals surface area contributed by atoms with Crippen molar-refractivity contribution in [3.05, 3.63) is 29.8 Å². The first kappa shape index (κ1) is 13.4. The lowest BCUT2D eigenvalue weighted by Gasteiger charge is -2.17. The standard InChI is InChI=1S/C15H21N3O2/c16-15(19)10-20-13-3-1-2-11(6-13)7-18-8-12-4-5-17-14(12)9-18/h1-3,6,12,14,17H,4-5,7-10H2,(H2,16,19)/t12-,14+/m1/s1. The van der Waals surface area contributed by atoms with Gasteiger partial charge in [0, 0.05) is 25.7 Å². The molecule has 0 radical (unpaired) electrons. The highest BCUT2D eigenvalue weighted by Gasteiger charge is 2.35. The second kappa shape index (κ2) is 5.81. The third-order valence-corrected chi connectivity index (χ3v) is 4.12. The molecule has 2 heterocycles. The van der Waals surface area contributed by atoms with Crippen molar-refractivity contribution >= 4 is 5.91 Å². The van der Waals surface area contributed by atoms with Crippen LogP contribution < -0.4 is 15.8 Å². The third-order valence-electron chi connectivity index (χ3n) is 4.12. The van der Waals surface area contributed by atoms with E-state index in [1.165, 1.54) is 25.1 Å². The molecule has 5 nitrogen and oxygen atoms in total. The second-order valence-corrected chi connectivity index (χ2v) is 5.71. The number of hydrogen-bond donors (Lipinski definition) is 2. The van der Waals surface area contributed by atoms with Crippen LogP contribution in [-0.4, -0.2) is 43.1 Å². The molecule has 1 amide bonds. The monoisotopic (exact) mass is 275 g/mol. The number of amides is 1. The molecule has 2 aliphatic heterocycles. The molecule has 1 aromatic rings. The number of carbonyl (C=O) groups is 1. The molecular weight excluding hydrogens is 254 g/mol. The summed E-state index contributed by atoms with van der Waals surface area (Å²) in [5.41, 5.74) is 6.30. The largest absolute Gasteiger partial charge is 0.484 e. The molecule has 0 aromatic heterocycles. The number of hydrogen-bond acceptors (Lipinski definition) is 4. The molecule has 0 saturated carbocycles. The molecule has 3 rings (SSSR count). The van der Waals surface area contributed by atoms with Gasteiger partial charge in [-0.1, -0.05) is 12.1 Å². The summed E-state index contributed by atoms with van der Waals surface area (Å²) in [5.74, 6) is 1.07. The van der Waals surface area contributed by atoms with Crippen molar-refractivity contribution < 1.29 is 9.53 Å². The zero-order valence-corrected chi connectivity index (χ0v) is 11.5. The van der Waals surface area contributed by atoms with Crippen LogP contribution >= 0.6 is 0 Å². The number of likely N-dealkylation sites (tertiary alicyclic amines) is 1. The van der Waals surface area contributed by atoms with Gasteiger partial charge in [-0.25, -0.2) is 0 Å². The molecule has 2 saturated heterocycles. The van der Waals surface area contributed by atoms with Gasteiger partial charge < -0.3 is 15.8 Å². The predicted molar refractivity (Wildman–Crippen MR) is 76.3 cm³/mol. The fourth-order valence-electron chi connectivity index (χ4n) is 3.21. The summed E-state index contributed by atoms with van der Waals surface area (Å²) in [6, 6.07) is 8.57. The highest BCUT2D eigenvalue weighted by atomic mass is 16.5. The first-order valence-corrected chi connectivity index (χ1v) is 7.16. The number of nitrogens with one attached hydrogen (secondary N) is 1. The number of rotatable bonds is 5. The number of nitrogens with two attached hydrogens (primary N) is 1. The molecule has 20 heavy (non-hydrogen) atoms. The van der Waals surface area contributed by atoms with E-state index < -0.39 is 5.91 Å². The number of fused-ring (bicyclic) bond motifs is 1. The summed E-state index contributed by atoms with van der Waals surface area (Å²) in [7, 11) is 0. The molecule has 108 valence electrons. The number of benzene rings is 1. The van der Waals surface area contributed by atoms with E-state index in [2.05, 4.69) is 16.3 Å². The van der Waals surface area contributed by atoms with E-state index in [4.69, 9.17) is 10.5 Å². The molecule has 3 N–H and O–H groups in total. The maximum atomic E-state index is 10.7. The maximum Gasteiger partial charge on any atom is 0.255 e. The molecule has 0 aliphatic carbocycles. The molecule has 2 aliphatic rings. The smallest absolute Gasteiger partial charge is 0.255 e. The first-order chi connectivity index (χ1) is 9.70. The highest BCUT2D eigenvalue weighted by Crippen LogP contribution is 2.26. The van der Waals surface area contributed by atoms with Crippen LogP contribution in [0.15, 0.2) is 24.3 Å². The zero-order valence-electron chi connectivity index (χ0n) is 11.5. The van der Waals surface area contributed by atoms with Gasteiger partial charge in [0.25, 0.3) is 5.91 Å². The Kier molecular flexibility index (Phi) is 3.89. The minimum Gasteiger partial charge on any atom is -0.484 e. The van der Waals surface area contributed by atoms with Crippen LogP contribution in [0.25, 0.3) is 0 Å². The normalized spacial score (nSPS) is 25.6. The summed E-state index contributed by atoms with van der Waals surface area (Å²) in [6.07, 6.45) is 1.29. The van der Waals surface area contributed by atoms with Gasteiger partial charge in [0.05, 0.1) is 0 Å². The van der Waals surface area contributed by atoms with E-state index in [-0.39, 0.29) is 6.61 Å². The molecule has 0 unspecified atom stereocenters. The second-order valence-electron chi connectivity index (χ2n) is 5.71. The number of ether oxygens (including phenoxy) is 1. The van der Waals surface area contributed by atoms with Crippen molar-refractivity contribution in [1.82, 2.24) is 10.2 Å². The summed E-state index contributed by atoms with van der Waals surface area (Å²) in [4.78, 5) is 13.2. The lowest BCUT2D eigenvalue weighted by Crippen LogP contribution is -2.29. The average Bonchev–Trinajstić information content (AvgIpc) is 2.97. The van der Waals surface area contributed by atoms with Crippen molar-refractivity contribution in [2.24, 2.45) is 11.7 Å². The lowest BCUT2D eigenvalue weighted by atomic mass is 10.1. The van der Waals surface area contributed by atoms with E-state index in [1.807, 2.05) is 18.2 Å². The minimum atomic E-state index is -0.450. The molecule has 1 aromatic carbocycles. The van der Waals surface area contributed by atoms with Gasteiger partial charge in [-0.2, -0.15) is 0 Å². The predicted octanol–water partition coefficient (Wildman–Crippen LogP) is 0.344. The molecule has 0 bridgehead atoms. The fourth-order valence-corrected chi connectivity index (χ4v) is 3.21. The Morgan fingerprint density at radius 1 is 1.45 bits per heavy atom. The Morgan fingerprint density at radius 2 is 2.35 bits per heavy atom. The van der Waals surface area contributed by atoms with Crippen LogP contribution in [0.1, 0.15) is 12.0 Å². The number of primary amides is 1. The Balaban J connectivity index is 1.57. The van der Waals surface area contributed by atoms with Crippen LogP contribution in [0.5, 0.6) is 5.75 Å². The van der Waals surface area contributed by atoms with E-state index in [9.17, 15) is 4.79 Å². The van der Waals surface area contributed by atoms with Gasteiger partial charge in [-0.15, -0.1) is 0 Å². The quantitative estimate of drug-likeness (QED) is 0.813. The topological polar surface area (TPSA) is 67.6 Å². The van der Waals surface area contributed by atoms with Gasteiger partial charge in [0.1, 0.15) is 5.75 Å². The fraction of sp³-hybridized carbons (Fsp3) is 0.533. The van der Waals surface area contributed by atoms with Gasteiger partial charge in [0.15, 0.2) is 6.61 Å². The molecule has 5 heteroatoms. The van der Waals surface area contributed by atoms with Gasteiger partial charge in [0.2, 0.25) is 0 Å².